The Bertz CT molecular complexity index is 223. The smallest absolute Gasteiger partial charge is 0.125 e. The summed E-state index contributed by atoms with van der Waals surface area (Å²) in [7, 11) is 0. The third-order valence-electron chi connectivity index (χ3n) is 4.04. The summed E-state index contributed by atoms with van der Waals surface area (Å²) in [4.78, 5) is 11.1. The summed E-state index contributed by atoms with van der Waals surface area (Å²) >= 11 is 0. The standard InChI is InChI=1S/C12H20O/c1-11-5-3-4-10(6-11)7-12(2,8-11)9-13/h9-10H,3-8H2,1-2H3. The van der Waals surface area contributed by atoms with Crippen molar-refractivity contribution in [1.82, 2.24) is 0 Å². The van der Waals surface area contributed by atoms with E-state index in [1.165, 1.54) is 32.0 Å². The fourth-order valence-electron chi connectivity index (χ4n) is 3.85. The Morgan fingerprint density at radius 3 is 2.69 bits per heavy atom. The molecule has 13 heavy (non-hydrogen) atoms. The van der Waals surface area contributed by atoms with Gasteiger partial charge >= 0.3 is 0 Å². The van der Waals surface area contributed by atoms with Crippen molar-refractivity contribution in [3.05, 3.63) is 0 Å². The Morgan fingerprint density at radius 2 is 2.08 bits per heavy atom. The molecule has 74 valence electrons. The number of hydrogen-bond donors (Lipinski definition) is 0. The van der Waals surface area contributed by atoms with Crippen LogP contribution < -0.4 is 0 Å². The van der Waals surface area contributed by atoms with Gasteiger partial charge in [-0.2, -0.15) is 0 Å². The van der Waals surface area contributed by atoms with Gasteiger partial charge in [0.25, 0.3) is 0 Å². The molecule has 0 aromatic heterocycles. The van der Waals surface area contributed by atoms with Crippen molar-refractivity contribution in [3.63, 3.8) is 0 Å². The van der Waals surface area contributed by atoms with Crippen LogP contribution in [0.15, 0.2) is 0 Å². The minimum atomic E-state index is -0.00190. The van der Waals surface area contributed by atoms with E-state index >= 15 is 0 Å². The average molecular weight is 180 g/mol. The molecule has 3 unspecified atom stereocenters. The van der Waals surface area contributed by atoms with Crippen molar-refractivity contribution in [2.24, 2.45) is 16.7 Å². The normalized spacial score (nSPS) is 50.2. The molecule has 1 nitrogen and oxygen atoms in total. The quantitative estimate of drug-likeness (QED) is 0.566. The topological polar surface area (TPSA) is 17.1 Å². The van der Waals surface area contributed by atoms with E-state index in [1.54, 1.807) is 0 Å². The lowest BCUT2D eigenvalue weighted by Gasteiger charge is -2.49. The van der Waals surface area contributed by atoms with Crippen molar-refractivity contribution < 1.29 is 4.79 Å². The Balaban J connectivity index is 2.19. The van der Waals surface area contributed by atoms with Gasteiger partial charge in [0.15, 0.2) is 0 Å². The van der Waals surface area contributed by atoms with Crippen LogP contribution in [-0.4, -0.2) is 6.29 Å². The zero-order chi connectivity index (χ0) is 9.53. The van der Waals surface area contributed by atoms with Gasteiger partial charge in [0.05, 0.1) is 0 Å². The number of carbonyl (C=O) groups is 1. The van der Waals surface area contributed by atoms with Crippen LogP contribution in [0.2, 0.25) is 0 Å². The number of fused-ring (bicyclic) bond motifs is 2. The second kappa shape index (κ2) is 2.83. The van der Waals surface area contributed by atoms with Gasteiger partial charge in [-0.15, -0.1) is 0 Å². The highest BCUT2D eigenvalue weighted by Gasteiger charge is 2.45. The highest BCUT2D eigenvalue weighted by atomic mass is 16.1. The lowest BCUT2D eigenvalue weighted by molar-refractivity contribution is -0.122. The summed E-state index contributed by atoms with van der Waals surface area (Å²) in [6, 6.07) is 0. The van der Waals surface area contributed by atoms with Crippen LogP contribution in [0, 0.1) is 16.7 Å². The largest absolute Gasteiger partial charge is 0.303 e. The first-order valence-electron chi connectivity index (χ1n) is 5.52. The molecule has 3 atom stereocenters. The molecule has 0 amide bonds. The van der Waals surface area contributed by atoms with Gasteiger partial charge in [0, 0.05) is 5.41 Å². The van der Waals surface area contributed by atoms with E-state index in [1.807, 2.05) is 0 Å². The molecule has 2 fully saturated rings. The van der Waals surface area contributed by atoms with E-state index in [0.717, 1.165) is 18.8 Å². The summed E-state index contributed by atoms with van der Waals surface area (Å²) in [6.07, 6.45) is 8.94. The van der Waals surface area contributed by atoms with Gasteiger partial charge in [-0.1, -0.05) is 26.7 Å². The van der Waals surface area contributed by atoms with E-state index in [-0.39, 0.29) is 5.41 Å². The van der Waals surface area contributed by atoms with Crippen LogP contribution in [0.5, 0.6) is 0 Å². The molecule has 0 aromatic carbocycles. The first-order valence-corrected chi connectivity index (χ1v) is 5.52. The summed E-state index contributed by atoms with van der Waals surface area (Å²) in [5, 5.41) is 0. The monoisotopic (exact) mass is 180 g/mol. The van der Waals surface area contributed by atoms with Gasteiger partial charge in [0.2, 0.25) is 0 Å². The molecule has 0 spiro atoms. The Morgan fingerprint density at radius 1 is 1.31 bits per heavy atom. The molecule has 2 saturated carbocycles. The van der Waals surface area contributed by atoms with Gasteiger partial charge in [0.1, 0.15) is 6.29 Å². The first-order chi connectivity index (χ1) is 6.05. The summed E-state index contributed by atoms with van der Waals surface area (Å²) < 4.78 is 0. The summed E-state index contributed by atoms with van der Waals surface area (Å²) in [6.45, 7) is 4.52. The molecule has 0 saturated heterocycles. The van der Waals surface area contributed by atoms with Gasteiger partial charge in [-0.3, -0.25) is 0 Å². The van der Waals surface area contributed by atoms with Gasteiger partial charge in [-0.05, 0) is 37.0 Å². The maximum Gasteiger partial charge on any atom is 0.125 e. The van der Waals surface area contributed by atoms with Crippen molar-refractivity contribution in [1.29, 1.82) is 0 Å². The third-order valence-corrected chi connectivity index (χ3v) is 4.04. The van der Waals surface area contributed by atoms with Crippen molar-refractivity contribution >= 4 is 6.29 Å². The van der Waals surface area contributed by atoms with E-state index in [2.05, 4.69) is 13.8 Å². The molecule has 1 heteroatoms. The highest BCUT2D eigenvalue weighted by Crippen LogP contribution is 2.54. The molecule has 2 aliphatic carbocycles. The van der Waals surface area contributed by atoms with E-state index < -0.39 is 0 Å². The molecule has 0 aliphatic heterocycles. The Hall–Kier alpha value is -0.330. The molecule has 2 aliphatic rings. The summed E-state index contributed by atoms with van der Waals surface area (Å²) in [5.41, 5.74) is 0.481. The Labute approximate surface area is 80.9 Å². The second-order valence-corrected chi connectivity index (χ2v) is 5.93. The lowest BCUT2D eigenvalue weighted by Crippen LogP contribution is -2.40. The molecule has 2 rings (SSSR count). The maximum absolute atomic E-state index is 11.1. The lowest BCUT2D eigenvalue weighted by atomic mass is 9.55. The van der Waals surface area contributed by atoms with Crippen molar-refractivity contribution in [3.8, 4) is 0 Å². The van der Waals surface area contributed by atoms with Crippen LogP contribution in [0.25, 0.3) is 0 Å². The Kier molecular flexibility index (Phi) is 2.01. The number of hydrogen-bond acceptors (Lipinski definition) is 1. The summed E-state index contributed by atoms with van der Waals surface area (Å²) in [5.74, 6) is 0.836. The number of carbonyl (C=O) groups excluding carboxylic acids is 1. The zero-order valence-corrected chi connectivity index (χ0v) is 8.81. The average Bonchev–Trinajstić information content (AvgIpc) is 2.01. The zero-order valence-electron chi connectivity index (χ0n) is 8.81. The fourth-order valence-corrected chi connectivity index (χ4v) is 3.85. The van der Waals surface area contributed by atoms with Crippen molar-refractivity contribution in [2.45, 2.75) is 52.4 Å². The predicted molar refractivity (Wildman–Crippen MR) is 53.5 cm³/mol. The van der Waals surface area contributed by atoms with Gasteiger partial charge in [-0.25, -0.2) is 0 Å². The second-order valence-electron chi connectivity index (χ2n) is 5.93. The van der Waals surface area contributed by atoms with E-state index in [0.29, 0.717) is 5.41 Å². The molecule has 0 N–H and O–H groups in total. The molecular formula is C12H20O. The van der Waals surface area contributed by atoms with Crippen LogP contribution in [0.4, 0.5) is 0 Å². The van der Waals surface area contributed by atoms with Gasteiger partial charge < -0.3 is 4.79 Å². The van der Waals surface area contributed by atoms with Crippen LogP contribution >= 0.6 is 0 Å². The SMILES string of the molecule is CC1(C=O)CC2CCCC(C)(C2)C1. The molecule has 0 radical (unpaired) electrons. The van der Waals surface area contributed by atoms with Crippen molar-refractivity contribution in [2.75, 3.05) is 0 Å². The van der Waals surface area contributed by atoms with E-state index in [4.69, 9.17) is 0 Å². The number of aldehydes is 1. The minimum Gasteiger partial charge on any atom is -0.303 e. The minimum absolute atomic E-state index is 0.00190. The van der Waals surface area contributed by atoms with Crippen LogP contribution in [0.3, 0.4) is 0 Å². The maximum atomic E-state index is 11.1. The van der Waals surface area contributed by atoms with Crippen LogP contribution in [0.1, 0.15) is 52.4 Å². The molecular weight excluding hydrogens is 160 g/mol. The first kappa shape index (κ1) is 9.23. The fraction of sp³-hybridized carbons (Fsp3) is 0.917. The molecule has 0 aromatic rings. The third kappa shape index (κ3) is 1.66. The number of rotatable bonds is 1. The molecule has 0 heterocycles. The molecule has 2 bridgehead atoms. The van der Waals surface area contributed by atoms with Crippen LogP contribution in [-0.2, 0) is 4.79 Å². The highest BCUT2D eigenvalue weighted by molar-refractivity contribution is 5.59. The van der Waals surface area contributed by atoms with E-state index in [9.17, 15) is 4.79 Å². The predicted octanol–water partition coefficient (Wildman–Crippen LogP) is 3.18.